The van der Waals surface area contributed by atoms with Crippen LogP contribution in [0.3, 0.4) is 0 Å². The number of hydrogen-bond acceptors (Lipinski definition) is 5. The van der Waals surface area contributed by atoms with E-state index in [1.54, 1.807) is 21.3 Å². The van der Waals surface area contributed by atoms with E-state index in [2.05, 4.69) is 10.2 Å². The van der Waals surface area contributed by atoms with E-state index in [0.29, 0.717) is 0 Å². The molecule has 124 valence electrons. The summed E-state index contributed by atoms with van der Waals surface area (Å²) in [5.74, 6) is 4.01. The fourth-order valence-electron chi connectivity index (χ4n) is 3.54. The number of rotatable bonds is 5. The Labute approximate surface area is 138 Å². The van der Waals surface area contributed by atoms with Crippen molar-refractivity contribution < 1.29 is 14.2 Å². The molecule has 22 heavy (non-hydrogen) atoms. The predicted molar refractivity (Wildman–Crippen MR) is 88.5 cm³/mol. The summed E-state index contributed by atoms with van der Waals surface area (Å²) in [7, 11) is 5.04. The minimum absolute atomic E-state index is 0. The Morgan fingerprint density at radius 3 is 2.00 bits per heavy atom. The highest BCUT2D eigenvalue weighted by molar-refractivity contribution is 5.85. The first-order valence-corrected chi connectivity index (χ1v) is 7.47. The maximum atomic E-state index is 5.54. The molecule has 2 aliphatic heterocycles. The molecule has 5 nitrogen and oxygen atoms in total. The van der Waals surface area contributed by atoms with E-state index in [1.807, 2.05) is 12.1 Å². The van der Waals surface area contributed by atoms with Crippen LogP contribution >= 0.6 is 12.4 Å². The van der Waals surface area contributed by atoms with E-state index < -0.39 is 0 Å². The van der Waals surface area contributed by atoms with Crippen molar-refractivity contribution in [2.24, 2.45) is 11.8 Å². The van der Waals surface area contributed by atoms with E-state index >= 15 is 0 Å². The van der Waals surface area contributed by atoms with Crippen LogP contribution in [0.2, 0.25) is 0 Å². The third kappa shape index (κ3) is 3.26. The van der Waals surface area contributed by atoms with Crippen LogP contribution in [-0.2, 0) is 6.54 Å². The molecule has 2 saturated heterocycles. The third-order valence-electron chi connectivity index (χ3n) is 4.66. The van der Waals surface area contributed by atoms with Crippen molar-refractivity contribution in [1.82, 2.24) is 10.2 Å². The molecule has 0 unspecified atom stereocenters. The Morgan fingerprint density at radius 2 is 1.55 bits per heavy atom. The lowest BCUT2D eigenvalue weighted by atomic mass is 10.0. The molecule has 0 bridgehead atoms. The molecule has 1 aromatic carbocycles. The van der Waals surface area contributed by atoms with Gasteiger partial charge in [-0.2, -0.15) is 0 Å². The minimum atomic E-state index is 0. The van der Waals surface area contributed by atoms with Gasteiger partial charge in [0.05, 0.1) is 26.9 Å². The Bertz CT molecular complexity index is 475. The van der Waals surface area contributed by atoms with Gasteiger partial charge in [-0.3, -0.25) is 4.90 Å². The van der Waals surface area contributed by atoms with Crippen molar-refractivity contribution in [3.63, 3.8) is 0 Å². The zero-order valence-electron chi connectivity index (χ0n) is 13.4. The lowest BCUT2D eigenvalue weighted by molar-refractivity contribution is 0.288. The number of hydrogen-bond donors (Lipinski definition) is 1. The van der Waals surface area contributed by atoms with Crippen LogP contribution in [-0.4, -0.2) is 52.4 Å². The number of fused-ring (bicyclic) bond motifs is 1. The molecular formula is C16H25ClN2O3. The van der Waals surface area contributed by atoms with Gasteiger partial charge >= 0.3 is 0 Å². The highest BCUT2D eigenvalue weighted by atomic mass is 35.5. The van der Waals surface area contributed by atoms with Crippen LogP contribution in [0.1, 0.15) is 5.56 Å². The van der Waals surface area contributed by atoms with E-state index in [1.165, 1.54) is 0 Å². The molecule has 0 radical (unpaired) electrons. The first-order chi connectivity index (χ1) is 10.2. The molecule has 2 fully saturated rings. The van der Waals surface area contributed by atoms with Gasteiger partial charge in [0.15, 0.2) is 0 Å². The molecule has 2 atom stereocenters. The lowest BCUT2D eigenvalue weighted by Crippen LogP contribution is -2.25. The number of benzene rings is 1. The Balaban J connectivity index is 0.00000176. The van der Waals surface area contributed by atoms with Crippen molar-refractivity contribution in [2.45, 2.75) is 6.54 Å². The van der Waals surface area contributed by atoms with Crippen molar-refractivity contribution >= 4 is 12.4 Å². The molecule has 0 aliphatic carbocycles. The summed E-state index contributed by atoms with van der Waals surface area (Å²) in [6.45, 7) is 5.46. The number of likely N-dealkylation sites (tertiary alicyclic amines) is 1. The van der Waals surface area contributed by atoms with E-state index in [9.17, 15) is 0 Å². The lowest BCUT2D eigenvalue weighted by Gasteiger charge is -2.21. The van der Waals surface area contributed by atoms with E-state index in [0.717, 1.165) is 67.4 Å². The zero-order chi connectivity index (χ0) is 14.8. The van der Waals surface area contributed by atoms with Crippen molar-refractivity contribution in [2.75, 3.05) is 47.5 Å². The molecule has 2 aliphatic rings. The van der Waals surface area contributed by atoms with Gasteiger partial charge < -0.3 is 19.5 Å². The summed E-state index contributed by atoms with van der Waals surface area (Å²) < 4.78 is 16.4. The van der Waals surface area contributed by atoms with Gasteiger partial charge in [0.2, 0.25) is 0 Å². The molecule has 0 aromatic heterocycles. The largest absolute Gasteiger partial charge is 0.496 e. The second-order valence-electron chi connectivity index (χ2n) is 5.88. The number of halogens is 1. The summed E-state index contributed by atoms with van der Waals surface area (Å²) in [5.41, 5.74) is 1.11. The van der Waals surface area contributed by atoms with Gasteiger partial charge in [-0.1, -0.05) is 0 Å². The van der Waals surface area contributed by atoms with Crippen LogP contribution in [0.15, 0.2) is 12.1 Å². The van der Waals surface area contributed by atoms with Gasteiger partial charge in [-0.15, -0.1) is 12.4 Å². The summed E-state index contributed by atoms with van der Waals surface area (Å²) >= 11 is 0. The van der Waals surface area contributed by atoms with Crippen molar-refractivity contribution in [3.05, 3.63) is 17.7 Å². The number of ether oxygens (including phenoxy) is 3. The zero-order valence-corrected chi connectivity index (χ0v) is 14.2. The van der Waals surface area contributed by atoms with E-state index in [-0.39, 0.29) is 12.4 Å². The fourth-order valence-corrected chi connectivity index (χ4v) is 3.54. The summed E-state index contributed by atoms with van der Waals surface area (Å²) in [6, 6.07) is 3.85. The Morgan fingerprint density at radius 1 is 1.00 bits per heavy atom. The van der Waals surface area contributed by atoms with Crippen molar-refractivity contribution in [3.8, 4) is 17.2 Å². The van der Waals surface area contributed by atoms with Crippen LogP contribution < -0.4 is 19.5 Å². The minimum Gasteiger partial charge on any atom is -0.496 e. The Hall–Kier alpha value is -1.17. The Kier molecular flexibility index (Phi) is 5.78. The average Bonchev–Trinajstić information content (AvgIpc) is 3.08. The van der Waals surface area contributed by atoms with E-state index in [4.69, 9.17) is 14.2 Å². The first kappa shape index (κ1) is 17.2. The SMILES string of the molecule is COc1cc(OC)c(CN2C[C@H]3CNC[C@H]3C2)c(OC)c1.Cl. The standard InChI is InChI=1S/C16H24N2O3.ClH/c1-19-13-4-15(20-2)14(16(5-13)21-3)10-18-8-11-6-17-7-12(11)9-18;/h4-5,11-12,17H,6-10H2,1-3H3;1H/t11-,12+;. The monoisotopic (exact) mass is 328 g/mol. The maximum absolute atomic E-state index is 5.54. The molecular weight excluding hydrogens is 304 g/mol. The van der Waals surface area contributed by atoms with Gasteiger partial charge in [0, 0.05) is 31.8 Å². The molecule has 2 heterocycles. The van der Waals surface area contributed by atoms with Gasteiger partial charge in [0.1, 0.15) is 17.2 Å². The second-order valence-corrected chi connectivity index (χ2v) is 5.88. The number of methoxy groups -OCH3 is 3. The fraction of sp³-hybridized carbons (Fsp3) is 0.625. The number of nitrogens with zero attached hydrogens (tertiary/aromatic N) is 1. The first-order valence-electron chi connectivity index (χ1n) is 7.47. The van der Waals surface area contributed by atoms with Gasteiger partial charge in [0.25, 0.3) is 0 Å². The second kappa shape index (κ2) is 7.40. The highest BCUT2D eigenvalue weighted by Crippen LogP contribution is 2.36. The number of nitrogens with one attached hydrogen (secondary N) is 1. The summed E-state index contributed by atoms with van der Waals surface area (Å²) in [5, 5.41) is 3.48. The topological polar surface area (TPSA) is 43.0 Å². The summed E-state index contributed by atoms with van der Waals surface area (Å²) in [4.78, 5) is 2.50. The van der Waals surface area contributed by atoms with Crippen LogP contribution in [0.4, 0.5) is 0 Å². The normalized spacial score (nSPS) is 23.8. The van der Waals surface area contributed by atoms with Crippen LogP contribution in [0.5, 0.6) is 17.2 Å². The maximum Gasteiger partial charge on any atom is 0.130 e. The third-order valence-corrected chi connectivity index (χ3v) is 4.66. The highest BCUT2D eigenvalue weighted by Gasteiger charge is 2.36. The molecule has 3 rings (SSSR count). The quantitative estimate of drug-likeness (QED) is 0.892. The molecule has 0 spiro atoms. The molecule has 0 saturated carbocycles. The smallest absolute Gasteiger partial charge is 0.130 e. The summed E-state index contributed by atoms with van der Waals surface area (Å²) in [6.07, 6.45) is 0. The molecule has 1 N–H and O–H groups in total. The van der Waals surface area contributed by atoms with Crippen molar-refractivity contribution in [1.29, 1.82) is 0 Å². The van der Waals surface area contributed by atoms with Crippen LogP contribution in [0.25, 0.3) is 0 Å². The average molecular weight is 329 g/mol. The molecule has 6 heteroatoms. The molecule has 0 amide bonds. The van der Waals surface area contributed by atoms with Crippen LogP contribution in [0, 0.1) is 11.8 Å². The van der Waals surface area contributed by atoms with Gasteiger partial charge in [-0.25, -0.2) is 0 Å². The molecule has 1 aromatic rings. The van der Waals surface area contributed by atoms with Gasteiger partial charge in [-0.05, 0) is 24.9 Å². The predicted octanol–water partition coefficient (Wildman–Crippen LogP) is 1.79.